The number of hydrogen-bond acceptors (Lipinski definition) is 5. The van der Waals surface area contributed by atoms with Gasteiger partial charge in [0, 0.05) is 14.1 Å². The Balaban J connectivity index is 1.64. The van der Waals surface area contributed by atoms with E-state index in [0.717, 1.165) is 21.4 Å². The van der Waals surface area contributed by atoms with Crippen LogP contribution in [-0.4, -0.2) is 30.9 Å². The number of hydrogen-bond donors (Lipinski definition) is 0. The second kappa shape index (κ2) is 7.81. The van der Waals surface area contributed by atoms with Gasteiger partial charge in [-0.1, -0.05) is 72.8 Å². The first-order chi connectivity index (χ1) is 15.5. The van der Waals surface area contributed by atoms with Gasteiger partial charge in [0.1, 0.15) is 0 Å². The van der Waals surface area contributed by atoms with Gasteiger partial charge in [-0.05, 0) is 11.1 Å². The smallest absolute Gasteiger partial charge is 0.297 e. The molecule has 2 aromatic carbocycles. The number of hydrazone groups is 1. The van der Waals surface area contributed by atoms with E-state index in [0.29, 0.717) is 30.2 Å². The number of benzene rings is 2. The van der Waals surface area contributed by atoms with Crippen LogP contribution in [0, 0.1) is 0 Å². The Bertz CT molecular complexity index is 1480. The lowest BCUT2D eigenvalue weighted by Gasteiger charge is -2.25. The molecular formula is C24H22N6O2. The third-order valence-electron chi connectivity index (χ3n) is 5.60. The molecule has 1 aliphatic rings. The molecule has 5 rings (SSSR count). The van der Waals surface area contributed by atoms with Crippen LogP contribution < -0.4 is 16.3 Å². The maximum atomic E-state index is 13.0. The number of rotatable bonds is 4. The molecule has 2 aromatic heterocycles. The van der Waals surface area contributed by atoms with Crippen molar-refractivity contribution in [3.63, 3.8) is 0 Å². The van der Waals surface area contributed by atoms with Crippen LogP contribution >= 0.6 is 0 Å². The van der Waals surface area contributed by atoms with Crippen LogP contribution in [-0.2, 0) is 20.6 Å². The highest BCUT2D eigenvalue weighted by atomic mass is 16.2. The molecule has 0 aliphatic carbocycles. The Kier molecular flexibility index (Phi) is 4.82. The number of aromatic nitrogens is 4. The van der Waals surface area contributed by atoms with Gasteiger partial charge in [-0.2, -0.15) is 10.1 Å². The minimum absolute atomic E-state index is 0.356. The predicted molar refractivity (Wildman–Crippen MR) is 126 cm³/mol. The topological polar surface area (TPSA) is 77.4 Å². The molecule has 0 saturated heterocycles. The lowest BCUT2D eigenvalue weighted by Crippen LogP contribution is -2.38. The lowest BCUT2D eigenvalue weighted by atomic mass is 10.1. The normalized spacial score (nSPS) is 13.6. The van der Waals surface area contributed by atoms with Crippen molar-refractivity contribution in [2.24, 2.45) is 19.2 Å². The van der Waals surface area contributed by atoms with E-state index in [1.807, 2.05) is 77.4 Å². The highest BCUT2D eigenvalue weighted by Crippen LogP contribution is 2.25. The van der Waals surface area contributed by atoms with Gasteiger partial charge in [-0.25, -0.2) is 9.80 Å². The Morgan fingerprint density at radius 2 is 1.62 bits per heavy atom. The van der Waals surface area contributed by atoms with Crippen LogP contribution in [0.5, 0.6) is 0 Å². The second-order valence-corrected chi connectivity index (χ2v) is 7.68. The summed E-state index contributed by atoms with van der Waals surface area (Å²) in [6.45, 7) is 0.852. The highest BCUT2D eigenvalue weighted by molar-refractivity contribution is 6.02. The van der Waals surface area contributed by atoms with Crippen molar-refractivity contribution in [2.45, 2.75) is 6.54 Å². The second-order valence-electron chi connectivity index (χ2n) is 7.68. The van der Waals surface area contributed by atoms with Gasteiger partial charge in [0.05, 0.1) is 18.8 Å². The standard InChI is InChI=1S/C24H22N6O2/c1-27-21-20(22(31)28(2)24(27)32)29-16-19(18-13-7-4-8-14-18)26-30(23(29)25-21)15-9-12-17-10-5-3-6-11-17/h3-14H,15-16H2,1-2H3. The molecule has 0 fully saturated rings. The maximum absolute atomic E-state index is 13.0. The van der Waals surface area contributed by atoms with E-state index in [-0.39, 0.29) is 5.56 Å². The summed E-state index contributed by atoms with van der Waals surface area (Å²) in [5.74, 6) is 0.538. The van der Waals surface area contributed by atoms with Crippen molar-refractivity contribution in [1.82, 2.24) is 18.7 Å². The SMILES string of the molecule is Cn1c(=O)c2c(nc3n2CC(c2ccccc2)=NN3CC=Cc2ccccc2)n(C)c1=O. The van der Waals surface area contributed by atoms with Gasteiger partial charge >= 0.3 is 5.69 Å². The van der Waals surface area contributed by atoms with Crippen molar-refractivity contribution in [3.05, 3.63) is 98.7 Å². The monoisotopic (exact) mass is 426 g/mol. The summed E-state index contributed by atoms with van der Waals surface area (Å²) in [5, 5.41) is 6.62. The van der Waals surface area contributed by atoms with Crippen LogP contribution in [0.15, 0.2) is 81.4 Å². The van der Waals surface area contributed by atoms with Gasteiger partial charge in [-0.15, -0.1) is 0 Å². The Labute approximate surface area is 184 Å². The molecule has 0 bridgehead atoms. The molecule has 0 N–H and O–H groups in total. The largest absolute Gasteiger partial charge is 0.332 e. The van der Waals surface area contributed by atoms with E-state index in [4.69, 9.17) is 5.10 Å². The van der Waals surface area contributed by atoms with Crippen LogP contribution in [0.25, 0.3) is 17.2 Å². The lowest BCUT2D eigenvalue weighted by molar-refractivity contribution is 0.702. The van der Waals surface area contributed by atoms with Gasteiger partial charge in [-0.3, -0.25) is 18.5 Å². The van der Waals surface area contributed by atoms with E-state index in [9.17, 15) is 9.59 Å². The third-order valence-corrected chi connectivity index (χ3v) is 5.60. The van der Waals surface area contributed by atoms with Crippen molar-refractivity contribution in [2.75, 3.05) is 11.6 Å². The fourth-order valence-electron chi connectivity index (χ4n) is 3.91. The fraction of sp³-hybridized carbons (Fsp3) is 0.167. The molecule has 3 heterocycles. The first kappa shape index (κ1) is 19.7. The Morgan fingerprint density at radius 3 is 2.34 bits per heavy atom. The van der Waals surface area contributed by atoms with Crippen molar-refractivity contribution >= 4 is 28.9 Å². The molecule has 0 amide bonds. The first-order valence-electron chi connectivity index (χ1n) is 10.3. The molecule has 1 aliphatic heterocycles. The molecule has 4 aromatic rings. The number of fused-ring (bicyclic) bond motifs is 3. The van der Waals surface area contributed by atoms with Crippen molar-refractivity contribution in [3.8, 4) is 0 Å². The zero-order valence-electron chi connectivity index (χ0n) is 17.8. The molecule has 8 heteroatoms. The van der Waals surface area contributed by atoms with E-state index in [2.05, 4.69) is 4.98 Å². The first-order valence-corrected chi connectivity index (χ1v) is 10.3. The number of anilines is 1. The van der Waals surface area contributed by atoms with Crippen LogP contribution in [0.1, 0.15) is 11.1 Å². The Hall–Kier alpha value is -4.20. The third kappa shape index (κ3) is 3.26. The molecule has 0 unspecified atom stereocenters. The van der Waals surface area contributed by atoms with Gasteiger partial charge in [0.25, 0.3) is 5.56 Å². The molecule has 160 valence electrons. The molecule has 0 radical (unpaired) electrons. The summed E-state index contributed by atoms with van der Waals surface area (Å²) in [5.41, 5.74) is 2.86. The Morgan fingerprint density at radius 1 is 0.938 bits per heavy atom. The minimum Gasteiger partial charge on any atom is -0.297 e. The average molecular weight is 426 g/mol. The van der Waals surface area contributed by atoms with E-state index < -0.39 is 5.69 Å². The van der Waals surface area contributed by atoms with Gasteiger partial charge in [0.2, 0.25) is 5.95 Å². The van der Waals surface area contributed by atoms with E-state index in [1.165, 1.54) is 11.6 Å². The van der Waals surface area contributed by atoms with Crippen molar-refractivity contribution in [1.29, 1.82) is 0 Å². The summed E-state index contributed by atoms with van der Waals surface area (Å²) in [6.07, 6.45) is 4.03. The molecule has 0 spiro atoms. The molecule has 8 nitrogen and oxygen atoms in total. The molecule has 0 atom stereocenters. The maximum Gasteiger partial charge on any atom is 0.332 e. The number of imidazole rings is 1. The molecule has 32 heavy (non-hydrogen) atoms. The van der Waals surface area contributed by atoms with E-state index >= 15 is 0 Å². The zero-order valence-corrected chi connectivity index (χ0v) is 17.8. The molecular weight excluding hydrogens is 404 g/mol. The summed E-state index contributed by atoms with van der Waals surface area (Å²) < 4.78 is 4.37. The van der Waals surface area contributed by atoms with Crippen molar-refractivity contribution < 1.29 is 0 Å². The average Bonchev–Trinajstić information content (AvgIpc) is 3.22. The van der Waals surface area contributed by atoms with Crippen LogP contribution in [0.4, 0.5) is 5.95 Å². The van der Waals surface area contributed by atoms with Gasteiger partial charge < -0.3 is 0 Å². The van der Waals surface area contributed by atoms with Crippen LogP contribution in [0.3, 0.4) is 0 Å². The quantitative estimate of drug-likeness (QED) is 0.502. The van der Waals surface area contributed by atoms with Crippen LogP contribution in [0.2, 0.25) is 0 Å². The zero-order chi connectivity index (χ0) is 22.2. The molecule has 0 saturated carbocycles. The fourth-order valence-corrected chi connectivity index (χ4v) is 3.91. The van der Waals surface area contributed by atoms with Gasteiger partial charge in [0.15, 0.2) is 11.2 Å². The minimum atomic E-state index is -0.405. The number of nitrogens with zero attached hydrogens (tertiary/aromatic N) is 6. The predicted octanol–water partition coefficient (Wildman–Crippen LogP) is 2.37. The van der Waals surface area contributed by atoms with E-state index in [1.54, 1.807) is 12.1 Å². The summed E-state index contributed by atoms with van der Waals surface area (Å²) in [6, 6.07) is 19.9. The summed E-state index contributed by atoms with van der Waals surface area (Å²) in [4.78, 5) is 30.1. The highest BCUT2D eigenvalue weighted by Gasteiger charge is 2.27. The summed E-state index contributed by atoms with van der Waals surface area (Å²) >= 11 is 0. The summed E-state index contributed by atoms with van der Waals surface area (Å²) in [7, 11) is 3.11. The number of aryl methyl sites for hydroxylation is 1.